The van der Waals surface area contributed by atoms with Gasteiger partial charge in [-0.15, -0.1) is 0 Å². The minimum atomic E-state index is -4.67. The van der Waals surface area contributed by atoms with Crippen LogP contribution in [0.15, 0.2) is 18.2 Å². The van der Waals surface area contributed by atoms with Crippen molar-refractivity contribution in [3.05, 3.63) is 35.0 Å². The SMILES string of the molecule is COC(=O)c1ccc2c(C=O)c(C(F)(F)F)[nH]c2c1. The van der Waals surface area contributed by atoms with Crippen LogP contribution in [0.3, 0.4) is 0 Å². The topological polar surface area (TPSA) is 59.2 Å². The van der Waals surface area contributed by atoms with Crippen molar-refractivity contribution in [2.75, 3.05) is 7.11 Å². The fourth-order valence-electron chi connectivity index (χ4n) is 1.81. The molecule has 1 aromatic carbocycles. The van der Waals surface area contributed by atoms with Gasteiger partial charge in [-0.1, -0.05) is 6.07 Å². The van der Waals surface area contributed by atoms with Crippen molar-refractivity contribution in [2.45, 2.75) is 6.18 Å². The van der Waals surface area contributed by atoms with Gasteiger partial charge in [-0.05, 0) is 12.1 Å². The number of aldehydes is 1. The number of ether oxygens (including phenoxy) is 1. The fourth-order valence-corrected chi connectivity index (χ4v) is 1.81. The van der Waals surface area contributed by atoms with E-state index in [0.717, 1.165) is 0 Å². The van der Waals surface area contributed by atoms with Crippen LogP contribution >= 0.6 is 0 Å². The molecule has 7 heteroatoms. The van der Waals surface area contributed by atoms with Crippen molar-refractivity contribution in [3.8, 4) is 0 Å². The van der Waals surface area contributed by atoms with Crippen molar-refractivity contribution in [2.24, 2.45) is 0 Å². The number of H-pyrrole nitrogens is 1. The Hall–Kier alpha value is -2.31. The number of carbonyl (C=O) groups excluding carboxylic acids is 2. The van der Waals surface area contributed by atoms with E-state index >= 15 is 0 Å². The van der Waals surface area contributed by atoms with E-state index in [4.69, 9.17) is 0 Å². The van der Waals surface area contributed by atoms with Crippen molar-refractivity contribution in [1.82, 2.24) is 4.98 Å². The van der Waals surface area contributed by atoms with Gasteiger partial charge in [0.05, 0.1) is 18.2 Å². The Labute approximate surface area is 105 Å². The molecule has 0 aliphatic rings. The zero-order chi connectivity index (χ0) is 14.2. The predicted molar refractivity (Wildman–Crippen MR) is 60.0 cm³/mol. The number of alkyl halides is 3. The van der Waals surface area contributed by atoms with Crippen LogP contribution in [0.1, 0.15) is 26.4 Å². The third-order valence-corrected chi connectivity index (χ3v) is 2.66. The van der Waals surface area contributed by atoms with Crippen LogP contribution in [-0.4, -0.2) is 24.3 Å². The normalized spacial score (nSPS) is 11.6. The summed E-state index contributed by atoms with van der Waals surface area (Å²) in [5, 5.41) is 0.106. The van der Waals surface area contributed by atoms with Crippen LogP contribution in [0.2, 0.25) is 0 Å². The predicted octanol–water partition coefficient (Wildman–Crippen LogP) is 2.79. The number of halogens is 3. The minimum absolute atomic E-state index is 0.0531. The minimum Gasteiger partial charge on any atom is -0.465 e. The molecule has 0 saturated carbocycles. The van der Waals surface area contributed by atoms with Gasteiger partial charge < -0.3 is 9.72 Å². The Morgan fingerprint density at radius 1 is 1.37 bits per heavy atom. The van der Waals surface area contributed by atoms with Gasteiger partial charge >= 0.3 is 12.1 Å². The highest BCUT2D eigenvalue weighted by Crippen LogP contribution is 2.34. The van der Waals surface area contributed by atoms with Crippen LogP contribution < -0.4 is 0 Å². The molecule has 0 saturated heterocycles. The Morgan fingerprint density at radius 3 is 2.58 bits per heavy atom. The van der Waals surface area contributed by atoms with E-state index in [0.29, 0.717) is 0 Å². The molecule has 1 heterocycles. The molecule has 19 heavy (non-hydrogen) atoms. The Balaban J connectivity index is 2.69. The summed E-state index contributed by atoms with van der Waals surface area (Å²) in [6.45, 7) is 0. The molecule has 0 atom stereocenters. The van der Waals surface area contributed by atoms with Crippen LogP contribution in [0.5, 0.6) is 0 Å². The smallest absolute Gasteiger partial charge is 0.431 e. The molecule has 0 fully saturated rings. The van der Waals surface area contributed by atoms with Gasteiger partial charge in [0.15, 0.2) is 6.29 Å². The summed E-state index contributed by atoms with van der Waals surface area (Å²) in [7, 11) is 1.17. The van der Waals surface area contributed by atoms with E-state index in [2.05, 4.69) is 9.72 Å². The first kappa shape index (κ1) is 13.1. The third kappa shape index (κ3) is 2.18. The van der Waals surface area contributed by atoms with Gasteiger partial charge in [-0.3, -0.25) is 4.79 Å². The van der Waals surface area contributed by atoms with Gasteiger partial charge in [0.1, 0.15) is 5.69 Å². The lowest BCUT2D eigenvalue weighted by Gasteiger charge is -2.03. The molecule has 0 spiro atoms. The van der Waals surface area contributed by atoms with E-state index in [9.17, 15) is 22.8 Å². The van der Waals surface area contributed by atoms with Crippen LogP contribution in [0, 0.1) is 0 Å². The molecule has 0 radical (unpaired) electrons. The second kappa shape index (κ2) is 4.42. The van der Waals surface area contributed by atoms with Crippen LogP contribution in [0.4, 0.5) is 13.2 Å². The van der Waals surface area contributed by atoms with Gasteiger partial charge in [0, 0.05) is 10.9 Å². The molecule has 0 aliphatic heterocycles. The van der Waals surface area contributed by atoms with Crippen molar-refractivity contribution in [3.63, 3.8) is 0 Å². The van der Waals surface area contributed by atoms with E-state index < -0.39 is 23.4 Å². The molecule has 0 amide bonds. The largest absolute Gasteiger partial charge is 0.465 e. The number of fused-ring (bicyclic) bond motifs is 1. The molecule has 1 aromatic heterocycles. The van der Waals surface area contributed by atoms with E-state index in [-0.39, 0.29) is 22.8 Å². The van der Waals surface area contributed by atoms with Gasteiger partial charge in [0.2, 0.25) is 0 Å². The summed E-state index contributed by atoms with van der Waals surface area (Å²) in [5.41, 5.74) is -1.45. The first-order valence-corrected chi connectivity index (χ1v) is 5.15. The molecule has 100 valence electrons. The van der Waals surface area contributed by atoms with E-state index in [1.807, 2.05) is 0 Å². The third-order valence-electron chi connectivity index (χ3n) is 2.66. The maximum atomic E-state index is 12.7. The lowest BCUT2D eigenvalue weighted by molar-refractivity contribution is -0.140. The Kier molecular flexibility index (Phi) is 3.05. The molecular weight excluding hydrogens is 263 g/mol. The zero-order valence-electron chi connectivity index (χ0n) is 9.67. The highest BCUT2D eigenvalue weighted by atomic mass is 19.4. The Bertz CT molecular complexity index is 658. The maximum Gasteiger partial charge on any atom is 0.431 e. The van der Waals surface area contributed by atoms with E-state index in [1.54, 1.807) is 0 Å². The summed E-state index contributed by atoms with van der Waals surface area (Å²) >= 11 is 0. The highest BCUT2D eigenvalue weighted by Gasteiger charge is 2.36. The number of aromatic nitrogens is 1. The van der Waals surface area contributed by atoms with Crippen molar-refractivity contribution >= 4 is 23.2 Å². The molecule has 0 bridgehead atoms. The fraction of sp³-hybridized carbons (Fsp3) is 0.167. The summed E-state index contributed by atoms with van der Waals surface area (Å²) in [5.74, 6) is -0.669. The number of nitrogens with one attached hydrogen (secondary N) is 1. The second-order valence-corrected chi connectivity index (χ2v) is 3.78. The van der Waals surface area contributed by atoms with Crippen molar-refractivity contribution < 1.29 is 27.5 Å². The Morgan fingerprint density at radius 2 is 2.05 bits per heavy atom. The standard InChI is InChI=1S/C12H8F3NO3/c1-19-11(18)6-2-3-7-8(5-17)10(12(13,14)15)16-9(7)4-6/h2-5,16H,1H3. The monoisotopic (exact) mass is 271 g/mol. The maximum absolute atomic E-state index is 12.7. The number of aromatic amines is 1. The van der Waals surface area contributed by atoms with Gasteiger partial charge in [0.25, 0.3) is 0 Å². The molecular formula is C12H8F3NO3. The number of benzene rings is 1. The summed E-state index contributed by atoms with van der Waals surface area (Å²) < 4.78 is 42.6. The molecule has 4 nitrogen and oxygen atoms in total. The number of hydrogen-bond acceptors (Lipinski definition) is 3. The number of esters is 1. The van der Waals surface area contributed by atoms with Gasteiger partial charge in [-0.2, -0.15) is 13.2 Å². The molecule has 0 aliphatic carbocycles. The number of carbonyl (C=O) groups is 2. The zero-order valence-corrected chi connectivity index (χ0v) is 9.67. The van der Waals surface area contributed by atoms with E-state index in [1.165, 1.54) is 25.3 Å². The first-order chi connectivity index (χ1) is 8.88. The van der Waals surface area contributed by atoms with Crippen LogP contribution in [0.25, 0.3) is 10.9 Å². The lowest BCUT2D eigenvalue weighted by atomic mass is 10.1. The molecule has 2 aromatic rings. The average Bonchev–Trinajstić information content (AvgIpc) is 2.75. The van der Waals surface area contributed by atoms with Crippen LogP contribution in [-0.2, 0) is 10.9 Å². The highest BCUT2D eigenvalue weighted by molar-refractivity contribution is 6.02. The molecule has 1 N–H and O–H groups in total. The van der Waals surface area contributed by atoms with Gasteiger partial charge in [-0.25, -0.2) is 4.79 Å². The first-order valence-electron chi connectivity index (χ1n) is 5.15. The quantitative estimate of drug-likeness (QED) is 0.675. The second-order valence-electron chi connectivity index (χ2n) is 3.78. The van der Waals surface area contributed by atoms with Crippen molar-refractivity contribution in [1.29, 1.82) is 0 Å². The average molecular weight is 271 g/mol. The summed E-state index contributed by atoms with van der Waals surface area (Å²) in [6, 6.07) is 3.79. The molecule has 0 unspecified atom stereocenters. The number of rotatable bonds is 2. The summed E-state index contributed by atoms with van der Waals surface area (Å²) in [4.78, 5) is 24.2. The summed E-state index contributed by atoms with van der Waals surface area (Å²) in [6.07, 6.45) is -4.53. The lowest BCUT2D eigenvalue weighted by Crippen LogP contribution is -2.08. The number of methoxy groups -OCH3 is 1. The number of hydrogen-bond donors (Lipinski definition) is 1. The molecule has 2 rings (SSSR count).